The first-order valence-electron chi connectivity index (χ1n) is 6.90. The average Bonchev–Trinajstić information content (AvgIpc) is 2.76. The quantitative estimate of drug-likeness (QED) is 0.896. The van der Waals surface area contributed by atoms with Crippen molar-refractivity contribution in [2.75, 3.05) is 31.5 Å². The summed E-state index contributed by atoms with van der Waals surface area (Å²) in [6.07, 6.45) is 1.05. The summed E-state index contributed by atoms with van der Waals surface area (Å²) in [6.45, 7) is 6.98. The fourth-order valence-corrected chi connectivity index (χ4v) is 2.68. The minimum absolute atomic E-state index is 0.00816. The minimum atomic E-state index is -0.00816. The number of rotatable bonds is 4. The topological polar surface area (TPSA) is 58.4 Å². The van der Waals surface area contributed by atoms with Gasteiger partial charge in [-0.05, 0) is 49.5 Å². The van der Waals surface area contributed by atoms with Gasteiger partial charge in [-0.1, -0.05) is 24.6 Å². The van der Waals surface area contributed by atoms with Crippen LogP contribution in [0.15, 0.2) is 18.2 Å². The highest BCUT2D eigenvalue weighted by Crippen LogP contribution is 2.28. The summed E-state index contributed by atoms with van der Waals surface area (Å²) in [4.78, 5) is 14.2. The van der Waals surface area contributed by atoms with Crippen LogP contribution in [0.25, 0.3) is 0 Å². The van der Waals surface area contributed by atoms with Gasteiger partial charge in [0.05, 0.1) is 6.54 Å². The number of nitrogens with two attached hydrogens (primary N) is 1. The average molecular weight is 296 g/mol. The molecule has 5 heteroatoms. The van der Waals surface area contributed by atoms with Crippen LogP contribution < -0.4 is 11.1 Å². The molecule has 20 heavy (non-hydrogen) atoms. The van der Waals surface area contributed by atoms with Crippen molar-refractivity contribution in [3.05, 3.63) is 28.8 Å². The molecule has 4 nitrogen and oxygen atoms in total. The van der Waals surface area contributed by atoms with Crippen LogP contribution in [0.4, 0.5) is 5.69 Å². The molecule has 1 heterocycles. The zero-order chi connectivity index (χ0) is 14.8. The minimum Gasteiger partial charge on any atom is -0.330 e. The smallest absolute Gasteiger partial charge is 0.238 e. The van der Waals surface area contributed by atoms with Gasteiger partial charge in [0.1, 0.15) is 0 Å². The zero-order valence-corrected chi connectivity index (χ0v) is 12.8. The summed E-state index contributed by atoms with van der Waals surface area (Å²) < 4.78 is 0. The zero-order valence-electron chi connectivity index (χ0n) is 12.1. The summed E-state index contributed by atoms with van der Waals surface area (Å²) in [6, 6.07) is 5.55. The van der Waals surface area contributed by atoms with E-state index in [1.807, 2.05) is 19.1 Å². The van der Waals surface area contributed by atoms with Crippen LogP contribution in [-0.4, -0.2) is 37.0 Å². The van der Waals surface area contributed by atoms with E-state index in [2.05, 4.69) is 17.1 Å². The van der Waals surface area contributed by atoms with E-state index in [1.54, 1.807) is 6.07 Å². The van der Waals surface area contributed by atoms with E-state index in [0.29, 0.717) is 18.1 Å². The second kappa shape index (κ2) is 6.12. The number of carbonyl (C=O) groups is 1. The molecule has 1 amide bonds. The molecular weight excluding hydrogens is 274 g/mol. The number of nitrogens with zero attached hydrogens (tertiary/aromatic N) is 1. The normalized spacial score (nSPS) is 23.0. The maximum atomic E-state index is 12.0. The summed E-state index contributed by atoms with van der Waals surface area (Å²) in [5, 5.41) is 3.55. The molecule has 3 N–H and O–H groups in total. The second-order valence-corrected chi connectivity index (χ2v) is 6.39. The van der Waals surface area contributed by atoms with Gasteiger partial charge < -0.3 is 11.1 Å². The van der Waals surface area contributed by atoms with Crippen molar-refractivity contribution < 1.29 is 4.79 Å². The van der Waals surface area contributed by atoms with Gasteiger partial charge in [0, 0.05) is 17.3 Å². The number of amides is 1. The molecule has 110 valence electrons. The molecule has 0 aromatic heterocycles. The number of aryl methyl sites for hydroxylation is 1. The van der Waals surface area contributed by atoms with Crippen LogP contribution in [0, 0.1) is 12.3 Å². The molecule has 0 radical (unpaired) electrons. The number of carbonyl (C=O) groups excluding carboxylic acids is 1. The SMILES string of the molecule is Cc1ccc(NC(=O)CN2CCC(C)(CN)C2)cc1Cl. The second-order valence-electron chi connectivity index (χ2n) is 5.99. The molecule has 2 rings (SSSR count). The Morgan fingerprint density at radius 3 is 2.90 bits per heavy atom. The Hall–Kier alpha value is -1.10. The molecule has 1 fully saturated rings. The van der Waals surface area contributed by atoms with Crippen LogP contribution in [-0.2, 0) is 4.79 Å². The van der Waals surface area contributed by atoms with Crippen LogP contribution in [0.3, 0.4) is 0 Å². The highest BCUT2D eigenvalue weighted by atomic mass is 35.5. The third-order valence-corrected chi connectivity index (χ3v) is 4.36. The number of hydrogen-bond donors (Lipinski definition) is 2. The van der Waals surface area contributed by atoms with Gasteiger partial charge in [0.15, 0.2) is 0 Å². The number of halogens is 1. The maximum absolute atomic E-state index is 12.0. The Bertz CT molecular complexity index is 506. The van der Waals surface area contributed by atoms with E-state index < -0.39 is 0 Å². The first-order valence-corrected chi connectivity index (χ1v) is 7.28. The molecule has 1 atom stereocenters. The predicted molar refractivity (Wildman–Crippen MR) is 83.0 cm³/mol. The number of hydrogen-bond acceptors (Lipinski definition) is 3. The third-order valence-electron chi connectivity index (χ3n) is 3.95. The van der Waals surface area contributed by atoms with Gasteiger partial charge in [-0.2, -0.15) is 0 Å². The molecule has 0 bridgehead atoms. The fraction of sp³-hybridized carbons (Fsp3) is 0.533. The number of anilines is 1. The fourth-order valence-electron chi connectivity index (χ4n) is 2.50. The summed E-state index contributed by atoms with van der Waals surface area (Å²) in [5.41, 5.74) is 7.66. The third kappa shape index (κ3) is 3.72. The van der Waals surface area contributed by atoms with Gasteiger partial charge >= 0.3 is 0 Å². The van der Waals surface area contributed by atoms with Crippen molar-refractivity contribution in [3.8, 4) is 0 Å². The molecule has 1 unspecified atom stereocenters. The highest BCUT2D eigenvalue weighted by Gasteiger charge is 2.33. The molecule has 1 saturated heterocycles. The van der Waals surface area contributed by atoms with E-state index in [-0.39, 0.29) is 11.3 Å². The molecule has 1 aliphatic heterocycles. The van der Waals surface area contributed by atoms with Gasteiger partial charge in [0.2, 0.25) is 5.91 Å². The van der Waals surface area contributed by atoms with Gasteiger partial charge in [0.25, 0.3) is 0 Å². The van der Waals surface area contributed by atoms with E-state index in [0.717, 1.165) is 30.8 Å². The van der Waals surface area contributed by atoms with Crippen molar-refractivity contribution in [2.24, 2.45) is 11.1 Å². The lowest BCUT2D eigenvalue weighted by atomic mass is 9.90. The molecule has 0 saturated carbocycles. The lowest BCUT2D eigenvalue weighted by molar-refractivity contribution is -0.117. The maximum Gasteiger partial charge on any atom is 0.238 e. The lowest BCUT2D eigenvalue weighted by Gasteiger charge is -2.22. The van der Waals surface area contributed by atoms with Crippen LogP contribution in [0.2, 0.25) is 5.02 Å². The Morgan fingerprint density at radius 1 is 1.55 bits per heavy atom. The van der Waals surface area contributed by atoms with Crippen molar-refractivity contribution in [2.45, 2.75) is 20.3 Å². The monoisotopic (exact) mass is 295 g/mol. The summed E-state index contributed by atoms with van der Waals surface area (Å²) >= 11 is 6.05. The Kier molecular flexibility index (Phi) is 4.68. The molecule has 0 spiro atoms. The van der Waals surface area contributed by atoms with Gasteiger partial charge in [-0.3, -0.25) is 9.69 Å². The number of likely N-dealkylation sites (tertiary alicyclic amines) is 1. The van der Waals surface area contributed by atoms with E-state index >= 15 is 0 Å². The van der Waals surface area contributed by atoms with E-state index in [9.17, 15) is 4.79 Å². The van der Waals surface area contributed by atoms with Crippen molar-refractivity contribution >= 4 is 23.2 Å². The predicted octanol–water partition coefficient (Wildman–Crippen LogP) is 2.26. The molecular formula is C15H22ClN3O. The van der Waals surface area contributed by atoms with Gasteiger partial charge in [-0.25, -0.2) is 0 Å². The van der Waals surface area contributed by atoms with Crippen LogP contribution >= 0.6 is 11.6 Å². The van der Waals surface area contributed by atoms with Gasteiger partial charge in [-0.15, -0.1) is 0 Å². The Labute approximate surface area is 125 Å². The molecule has 1 aliphatic rings. The Morgan fingerprint density at radius 2 is 2.30 bits per heavy atom. The molecule has 0 aliphatic carbocycles. The van der Waals surface area contributed by atoms with Crippen molar-refractivity contribution in [3.63, 3.8) is 0 Å². The van der Waals surface area contributed by atoms with Crippen molar-refractivity contribution in [1.29, 1.82) is 0 Å². The number of nitrogens with one attached hydrogen (secondary N) is 1. The van der Waals surface area contributed by atoms with E-state index in [1.165, 1.54) is 0 Å². The molecule has 1 aromatic carbocycles. The van der Waals surface area contributed by atoms with Crippen molar-refractivity contribution in [1.82, 2.24) is 4.90 Å². The summed E-state index contributed by atoms with van der Waals surface area (Å²) in [7, 11) is 0. The highest BCUT2D eigenvalue weighted by molar-refractivity contribution is 6.31. The lowest BCUT2D eigenvalue weighted by Crippen LogP contribution is -2.35. The standard InChI is InChI=1S/C15H22ClN3O/c1-11-3-4-12(7-13(11)16)18-14(20)8-19-6-5-15(2,9-17)10-19/h3-4,7H,5-6,8-10,17H2,1-2H3,(H,18,20). The van der Waals surface area contributed by atoms with Crippen LogP contribution in [0.5, 0.6) is 0 Å². The number of benzene rings is 1. The van der Waals surface area contributed by atoms with Crippen LogP contribution in [0.1, 0.15) is 18.9 Å². The first-order chi connectivity index (χ1) is 9.42. The molecule has 1 aromatic rings. The van der Waals surface area contributed by atoms with E-state index in [4.69, 9.17) is 17.3 Å². The Balaban J connectivity index is 1.88. The summed E-state index contributed by atoms with van der Waals surface area (Å²) in [5.74, 6) is -0.00816. The largest absolute Gasteiger partial charge is 0.330 e. The first kappa shape index (κ1) is 15.3.